The van der Waals surface area contributed by atoms with Crippen LogP contribution < -0.4 is 9.47 Å². The predicted octanol–water partition coefficient (Wildman–Crippen LogP) is 4.68. The molecule has 1 saturated heterocycles. The van der Waals surface area contributed by atoms with E-state index in [9.17, 15) is 9.59 Å². The number of furan rings is 1. The molecule has 8 nitrogen and oxygen atoms in total. The summed E-state index contributed by atoms with van der Waals surface area (Å²) in [6, 6.07) is 9.67. The molecule has 0 bridgehead atoms. The quantitative estimate of drug-likeness (QED) is 0.368. The van der Waals surface area contributed by atoms with E-state index in [2.05, 4.69) is 4.90 Å². The van der Waals surface area contributed by atoms with Crippen LogP contribution in [0.4, 0.5) is 0 Å². The summed E-state index contributed by atoms with van der Waals surface area (Å²) in [5.74, 6) is 3.05. The van der Waals surface area contributed by atoms with Crippen molar-refractivity contribution in [1.82, 2.24) is 14.7 Å². The van der Waals surface area contributed by atoms with Gasteiger partial charge in [-0.3, -0.25) is 9.59 Å². The highest BCUT2D eigenvalue weighted by Gasteiger charge is 2.30. The first-order chi connectivity index (χ1) is 19.0. The maximum Gasteiger partial charge on any atom is 0.242 e. The van der Waals surface area contributed by atoms with Crippen LogP contribution in [0.3, 0.4) is 0 Å². The second-order valence-corrected chi connectivity index (χ2v) is 10.9. The summed E-state index contributed by atoms with van der Waals surface area (Å²) < 4.78 is 16.7. The standard InChI is InChI=1S/C31H45N3O5/c1-24-11-13-27(39-24)22-33(18-15-25-12-14-28(37-2)29(21-25)38-3)30(35)23-34(31(36)26-9-5-6-10-26)20-19-32-16-7-4-8-17-32/h11-14,21,26H,4-10,15-20,22-23H2,1-3H3. The molecule has 1 aliphatic carbocycles. The van der Waals surface area contributed by atoms with Crippen molar-refractivity contribution >= 4 is 11.8 Å². The summed E-state index contributed by atoms with van der Waals surface area (Å²) in [4.78, 5) is 33.4. The maximum absolute atomic E-state index is 13.8. The molecule has 214 valence electrons. The minimum absolute atomic E-state index is 0.0467. The largest absolute Gasteiger partial charge is 0.493 e. The first-order valence-corrected chi connectivity index (χ1v) is 14.5. The van der Waals surface area contributed by atoms with Crippen LogP contribution >= 0.6 is 0 Å². The predicted molar refractivity (Wildman–Crippen MR) is 151 cm³/mol. The van der Waals surface area contributed by atoms with Crippen LogP contribution in [0.5, 0.6) is 11.5 Å². The van der Waals surface area contributed by atoms with Crippen molar-refractivity contribution in [3.05, 3.63) is 47.4 Å². The Morgan fingerprint density at radius 2 is 1.67 bits per heavy atom. The first-order valence-electron chi connectivity index (χ1n) is 14.5. The lowest BCUT2D eigenvalue weighted by Crippen LogP contribution is -2.48. The van der Waals surface area contributed by atoms with Gasteiger partial charge in [-0.05, 0) is 81.9 Å². The molecule has 2 heterocycles. The summed E-state index contributed by atoms with van der Waals surface area (Å²) in [6.45, 7) is 6.47. The van der Waals surface area contributed by atoms with E-state index in [1.807, 2.05) is 47.1 Å². The summed E-state index contributed by atoms with van der Waals surface area (Å²) in [5, 5.41) is 0. The second kappa shape index (κ2) is 14.4. The number of benzene rings is 1. The minimum atomic E-state index is -0.0467. The minimum Gasteiger partial charge on any atom is -0.493 e. The number of hydrogen-bond acceptors (Lipinski definition) is 6. The Morgan fingerprint density at radius 3 is 2.33 bits per heavy atom. The molecule has 1 saturated carbocycles. The normalized spacial score (nSPS) is 16.3. The number of piperidine rings is 1. The number of ether oxygens (including phenoxy) is 2. The summed E-state index contributed by atoms with van der Waals surface area (Å²) in [5.41, 5.74) is 1.05. The molecule has 0 N–H and O–H groups in total. The molecule has 2 aliphatic rings. The zero-order valence-corrected chi connectivity index (χ0v) is 24.0. The second-order valence-electron chi connectivity index (χ2n) is 10.9. The summed E-state index contributed by atoms with van der Waals surface area (Å²) >= 11 is 0. The van der Waals surface area contributed by atoms with Crippen LogP contribution in [0.15, 0.2) is 34.7 Å². The molecule has 0 spiro atoms. The molecule has 0 unspecified atom stereocenters. The fraction of sp³-hybridized carbons (Fsp3) is 0.613. The number of carbonyl (C=O) groups excluding carboxylic acids is 2. The number of amides is 2. The Hall–Kier alpha value is -3.00. The lowest BCUT2D eigenvalue weighted by atomic mass is 10.1. The van der Waals surface area contributed by atoms with E-state index in [1.54, 1.807) is 14.2 Å². The molecule has 1 aliphatic heterocycles. The van der Waals surface area contributed by atoms with Gasteiger partial charge in [0.25, 0.3) is 0 Å². The molecule has 2 aromatic rings. The van der Waals surface area contributed by atoms with Crippen LogP contribution in [0.25, 0.3) is 0 Å². The number of aryl methyl sites for hydroxylation is 1. The molecule has 39 heavy (non-hydrogen) atoms. The Balaban J connectivity index is 1.47. The van der Waals surface area contributed by atoms with Gasteiger partial charge in [-0.1, -0.05) is 25.3 Å². The molecule has 4 rings (SSSR count). The van der Waals surface area contributed by atoms with Crippen LogP contribution in [-0.4, -0.2) is 80.0 Å². The van der Waals surface area contributed by atoms with Gasteiger partial charge in [-0.2, -0.15) is 0 Å². The van der Waals surface area contributed by atoms with Crippen LogP contribution in [0.1, 0.15) is 62.0 Å². The van der Waals surface area contributed by atoms with Crippen molar-refractivity contribution in [2.75, 3.05) is 53.5 Å². The highest BCUT2D eigenvalue weighted by Crippen LogP contribution is 2.28. The van der Waals surface area contributed by atoms with Gasteiger partial charge in [0.05, 0.1) is 27.3 Å². The number of hydrogen-bond donors (Lipinski definition) is 0. The Morgan fingerprint density at radius 1 is 0.923 bits per heavy atom. The number of methoxy groups -OCH3 is 2. The summed E-state index contributed by atoms with van der Waals surface area (Å²) in [7, 11) is 3.24. The Labute approximate surface area is 233 Å². The highest BCUT2D eigenvalue weighted by atomic mass is 16.5. The maximum atomic E-state index is 13.8. The van der Waals surface area contributed by atoms with Crippen LogP contribution in [0, 0.1) is 12.8 Å². The number of rotatable bonds is 13. The van der Waals surface area contributed by atoms with E-state index >= 15 is 0 Å². The molecular formula is C31H45N3O5. The molecule has 1 aromatic carbocycles. The van der Waals surface area contributed by atoms with Gasteiger partial charge < -0.3 is 28.6 Å². The van der Waals surface area contributed by atoms with Gasteiger partial charge in [0.1, 0.15) is 11.5 Å². The fourth-order valence-electron chi connectivity index (χ4n) is 5.76. The fourth-order valence-corrected chi connectivity index (χ4v) is 5.76. The number of likely N-dealkylation sites (tertiary alicyclic amines) is 1. The van der Waals surface area contributed by atoms with Crippen molar-refractivity contribution in [3.63, 3.8) is 0 Å². The van der Waals surface area contributed by atoms with Crippen LogP contribution in [0.2, 0.25) is 0 Å². The van der Waals surface area contributed by atoms with E-state index < -0.39 is 0 Å². The van der Waals surface area contributed by atoms with E-state index in [-0.39, 0.29) is 24.3 Å². The lowest BCUT2D eigenvalue weighted by Gasteiger charge is -2.32. The number of carbonyl (C=O) groups is 2. The zero-order valence-electron chi connectivity index (χ0n) is 24.0. The molecule has 2 fully saturated rings. The van der Waals surface area contributed by atoms with Crippen molar-refractivity contribution in [1.29, 1.82) is 0 Å². The van der Waals surface area contributed by atoms with Gasteiger partial charge in [0.15, 0.2) is 11.5 Å². The molecule has 1 aromatic heterocycles. The topological polar surface area (TPSA) is 75.5 Å². The average molecular weight is 540 g/mol. The van der Waals surface area contributed by atoms with E-state index in [0.717, 1.165) is 62.4 Å². The van der Waals surface area contributed by atoms with Gasteiger partial charge in [0.2, 0.25) is 11.8 Å². The van der Waals surface area contributed by atoms with Crippen molar-refractivity contribution in [2.45, 2.75) is 64.8 Å². The van der Waals surface area contributed by atoms with Gasteiger partial charge in [0, 0.05) is 25.6 Å². The lowest BCUT2D eigenvalue weighted by molar-refractivity contribution is -0.143. The molecular weight excluding hydrogens is 494 g/mol. The van der Waals surface area contributed by atoms with Crippen molar-refractivity contribution in [3.8, 4) is 11.5 Å². The smallest absolute Gasteiger partial charge is 0.242 e. The van der Waals surface area contributed by atoms with Crippen molar-refractivity contribution < 1.29 is 23.5 Å². The highest BCUT2D eigenvalue weighted by molar-refractivity contribution is 5.86. The molecule has 0 atom stereocenters. The van der Waals surface area contributed by atoms with E-state index in [1.165, 1.54) is 19.3 Å². The van der Waals surface area contributed by atoms with Crippen molar-refractivity contribution in [2.24, 2.45) is 5.92 Å². The van der Waals surface area contributed by atoms with Gasteiger partial charge in [-0.25, -0.2) is 0 Å². The third-order valence-corrected chi connectivity index (χ3v) is 8.09. The third-order valence-electron chi connectivity index (χ3n) is 8.09. The zero-order chi connectivity index (χ0) is 27.6. The Bertz CT molecular complexity index is 1070. The molecule has 0 radical (unpaired) electrons. The average Bonchev–Trinajstić information content (AvgIpc) is 3.65. The number of nitrogens with zero attached hydrogens (tertiary/aromatic N) is 3. The van der Waals surface area contributed by atoms with E-state index in [4.69, 9.17) is 13.9 Å². The SMILES string of the molecule is COc1ccc(CCN(Cc2ccc(C)o2)C(=O)CN(CCN2CCCCC2)C(=O)C2CCCC2)cc1OC. The molecule has 2 amide bonds. The van der Waals surface area contributed by atoms with E-state index in [0.29, 0.717) is 37.6 Å². The Kier molecular flexibility index (Phi) is 10.7. The van der Waals surface area contributed by atoms with Crippen LogP contribution in [-0.2, 0) is 22.6 Å². The van der Waals surface area contributed by atoms with Gasteiger partial charge >= 0.3 is 0 Å². The third kappa shape index (κ3) is 8.24. The summed E-state index contributed by atoms with van der Waals surface area (Å²) in [6.07, 6.45) is 8.41. The first kappa shape index (κ1) is 29.0. The monoisotopic (exact) mass is 539 g/mol. The van der Waals surface area contributed by atoms with Gasteiger partial charge in [-0.15, -0.1) is 0 Å². The molecule has 8 heteroatoms.